The molecule has 2 aliphatic heterocycles. The van der Waals surface area contributed by atoms with E-state index in [2.05, 4.69) is 4.90 Å². The smallest absolute Gasteiger partial charge is 0.393 e. The third-order valence-electron chi connectivity index (χ3n) is 8.10. The molecular formula is C30H28F6N2OS. The van der Waals surface area contributed by atoms with Crippen LogP contribution in [0.2, 0.25) is 0 Å². The van der Waals surface area contributed by atoms with Crippen LogP contribution in [-0.2, 0) is 35.8 Å². The summed E-state index contributed by atoms with van der Waals surface area (Å²) in [5.41, 5.74) is 4.59. The number of fused-ring (bicyclic) bond motifs is 2. The minimum Gasteiger partial charge on any atom is -0.393 e. The summed E-state index contributed by atoms with van der Waals surface area (Å²) in [6, 6.07) is 21.1. The molecule has 2 heterocycles. The van der Waals surface area contributed by atoms with Crippen LogP contribution in [0.25, 0.3) is 0 Å². The second-order valence-corrected chi connectivity index (χ2v) is 10.9. The van der Waals surface area contributed by atoms with Crippen molar-refractivity contribution in [2.45, 2.75) is 62.5 Å². The fraction of sp³-hybridized carbons (Fsp3) is 0.367. The highest BCUT2D eigenvalue weighted by molar-refractivity contribution is 7.80. The van der Waals surface area contributed by atoms with Crippen molar-refractivity contribution in [2.75, 3.05) is 0 Å². The summed E-state index contributed by atoms with van der Waals surface area (Å²) >= 11 is 5.47. The van der Waals surface area contributed by atoms with Crippen molar-refractivity contribution in [3.8, 4) is 0 Å². The maximum Gasteiger partial charge on any atom is 0.416 e. The Labute approximate surface area is 233 Å². The predicted octanol–water partition coefficient (Wildman–Crippen LogP) is 7.48. The molecule has 0 saturated carbocycles. The number of nitrogens with zero attached hydrogens (tertiary/aromatic N) is 1. The van der Waals surface area contributed by atoms with E-state index >= 15 is 0 Å². The molecule has 4 atom stereocenters. The molecule has 212 valence electrons. The van der Waals surface area contributed by atoms with E-state index in [-0.39, 0.29) is 23.6 Å². The van der Waals surface area contributed by atoms with E-state index < -0.39 is 41.7 Å². The number of nitrogens with two attached hydrogens (primary N) is 1. The molecule has 2 N–H and O–H groups in total. The number of piperidine rings is 1. The number of thiocarbonyl (C=S) groups is 1. The van der Waals surface area contributed by atoms with Crippen LogP contribution in [0, 0.1) is 5.92 Å². The fourth-order valence-corrected chi connectivity index (χ4v) is 6.62. The minimum absolute atomic E-state index is 0.0168. The van der Waals surface area contributed by atoms with E-state index in [4.69, 9.17) is 22.7 Å². The summed E-state index contributed by atoms with van der Waals surface area (Å²) in [7, 11) is 0. The highest BCUT2D eigenvalue weighted by Crippen LogP contribution is 2.55. The number of hydrogen-bond acceptors (Lipinski definition) is 3. The first kappa shape index (κ1) is 28.6. The van der Waals surface area contributed by atoms with Crippen LogP contribution in [0.5, 0.6) is 0 Å². The van der Waals surface area contributed by atoms with E-state index in [9.17, 15) is 26.3 Å². The molecule has 0 aliphatic carbocycles. The van der Waals surface area contributed by atoms with Gasteiger partial charge in [-0.2, -0.15) is 26.3 Å². The van der Waals surface area contributed by atoms with Gasteiger partial charge in [-0.1, -0.05) is 72.9 Å². The lowest BCUT2D eigenvalue weighted by molar-refractivity contribution is -0.143. The lowest BCUT2D eigenvalue weighted by Gasteiger charge is -2.50. The number of hydrogen-bond donors (Lipinski definition) is 1. The van der Waals surface area contributed by atoms with Gasteiger partial charge in [-0.25, -0.2) is 0 Å². The van der Waals surface area contributed by atoms with Gasteiger partial charge in [0.05, 0.1) is 34.4 Å². The van der Waals surface area contributed by atoms with Crippen LogP contribution >= 0.6 is 12.2 Å². The van der Waals surface area contributed by atoms with Gasteiger partial charge >= 0.3 is 12.4 Å². The highest BCUT2D eigenvalue weighted by atomic mass is 32.1. The van der Waals surface area contributed by atoms with E-state index in [1.807, 2.05) is 60.7 Å². The lowest BCUT2D eigenvalue weighted by Crippen LogP contribution is -2.56. The monoisotopic (exact) mass is 578 g/mol. The quantitative estimate of drug-likeness (QED) is 0.233. The molecule has 10 heteroatoms. The van der Waals surface area contributed by atoms with Gasteiger partial charge < -0.3 is 10.5 Å². The summed E-state index contributed by atoms with van der Waals surface area (Å²) in [6.07, 6.45) is -8.63. The molecule has 2 fully saturated rings. The van der Waals surface area contributed by atoms with E-state index in [1.54, 1.807) is 0 Å². The maximum absolute atomic E-state index is 13.5. The van der Waals surface area contributed by atoms with Crippen LogP contribution in [0.3, 0.4) is 0 Å². The highest BCUT2D eigenvalue weighted by Gasteiger charge is 2.60. The van der Waals surface area contributed by atoms with Crippen molar-refractivity contribution < 1.29 is 31.1 Å². The molecule has 0 spiro atoms. The van der Waals surface area contributed by atoms with Crippen molar-refractivity contribution in [3.63, 3.8) is 0 Å². The third kappa shape index (κ3) is 5.49. The Morgan fingerprint density at radius 3 is 1.98 bits per heavy atom. The Kier molecular flexibility index (Phi) is 7.71. The summed E-state index contributed by atoms with van der Waals surface area (Å²) in [4.78, 5) is 2.71. The van der Waals surface area contributed by atoms with E-state index in [1.165, 1.54) is 0 Å². The molecule has 3 nitrogen and oxygen atoms in total. The molecule has 40 heavy (non-hydrogen) atoms. The number of halogens is 6. The predicted molar refractivity (Wildman–Crippen MR) is 143 cm³/mol. The Bertz CT molecular complexity index is 1320. The number of alkyl halides is 6. The van der Waals surface area contributed by atoms with Crippen molar-refractivity contribution in [2.24, 2.45) is 11.7 Å². The zero-order valence-corrected chi connectivity index (χ0v) is 22.2. The normalized spacial score (nSPS) is 25.2. The zero-order chi connectivity index (χ0) is 28.7. The lowest BCUT2D eigenvalue weighted by atomic mass is 9.78. The number of rotatable bonds is 7. The van der Waals surface area contributed by atoms with Gasteiger partial charge in [0.2, 0.25) is 0 Å². The van der Waals surface area contributed by atoms with Gasteiger partial charge in [0.1, 0.15) is 0 Å². The molecule has 0 radical (unpaired) electrons. The standard InChI is InChI=1S/C30H28F6N2OS/c31-29(32,33)22-13-20(14-23(15-22)30(34,35)36)18-39-26-12-11-25-24(27(37)40)16-28(26,21-9-5-2-6-10-21)38(25)17-19-7-3-1-4-8-19/h1-10,13-15,24-26H,11-12,16-18H2,(H2,37,40). The molecule has 3 aromatic carbocycles. The van der Waals surface area contributed by atoms with Gasteiger partial charge in [-0.3, -0.25) is 4.90 Å². The van der Waals surface area contributed by atoms with Crippen LogP contribution in [0.15, 0.2) is 78.9 Å². The van der Waals surface area contributed by atoms with Crippen LogP contribution in [0.4, 0.5) is 26.3 Å². The zero-order valence-electron chi connectivity index (χ0n) is 21.4. The molecule has 0 amide bonds. The molecule has 2 aliphatic rings. The van der Waals surface area contributed by atoms with Gasteiger partial charge in [0.15, 0.2) is 0 Å². The molecule has 2 saturated heterocycles. The molecule has 0 aromatic heterocycles. The Morgan fingerprint density at radius 2 is 1.43 bits per heavy atom. The number of ether oxygens (including phenoxy) is 1. The largest absolute Gasteiger partial charge is 0.416 e. The van der Waals surface area contributed by atoms with E-state index in [0.717, 1.165) is 23.3 Å². The summed E-state index contributed by atoms with van der Waals surface area (Å²) in [5, 5.41) is 0. The van der Waals surface area contributed by atoms with Crippen molar-refractivity contribution in [1.29, 1.82) is 0 Å². The van der Waals surface area contributed by atoms with Crippen LogP contribution in [-0.4, -0.2) is 22.0 Å². The molecule has 2 bridgehead atoms. The Morgan fingerprint density at radius 1 is 0.850 bits per heavy atom. The summed E-state index contributed by atoms with van der Waals surface area (Å²) < 4.78 is 87.2. The Balaban J connectivity index is 1.54. The number of benzene rings is 3. The first-order chi connectivity index (χ1) is 18.9. The topological polar surface area (TPSA) is 38.5 Å². The first-order valence-corrected chi connectivity index (χ1v) is 13.4. The molecule has 3 aromatic rings. The van der Waals surface area contributed by atoms with Gasteiger partial charge in [0, 0.05) is 18.5 Å². The summed E-state index contributed by atoms with van der Waals surface area (Å²) in [5.74, 6) is -0.127. The Hall–Kier alpha value is -2.95. The molecule has 4 unspecified atom stereocenters. The van der Waals surface area contributed by atoms with Crippen molar-refractivity contribution in [3.05, 3.63) is 107 Å². The average molecular weight is 579 g/mol. The van der Waals surface area contributed by atoms with Crippen molar-refractivity contribution in [1.82, 2.24) is 4.90 Å². The van der Waals surface area contributed by atoms with Gasteiger partial charge in [-0.15, -0.1) is 0 Å². The van der Waals surface area contributed by atoms with Crippen LogP contribution in [0.1, 0.15) is 47.1 Å². The van der Waals surface area contributed by atoms with Crippen LogP contribution < -0.4 is 5.73 Å². The SMILES string of the molecule is NC(=S)C1CC2(c3ccccc3)C(OCc3cc(C(F)(F)F)cc(C(F)(F)F)c3)CCC1N2Cc1ccccc1. The second-order valence-electron chi connectivity index (χ2n) is 10.5. The second kappa shape index (κ2) is 10.8. The minimum atomic E-state index is -4.93. The van der Waals surface area contributed by atoms with E-state index in [0.29, 0.717) is 30.8 Å². The average Bonchev–Trinajstić information content (AvgIpc) is 3.12. The van der Waals surface area contributed by atoms with Crippen molar-refractivity contribution >= 4 is 17.2 Å². The molecular weight excluding hydrogens is 550 g/mol. The maximum atomic E-state index is 13.5. The molecule has 5 rings (SSSR count). The van der Waals surface area contributed by atoms with Gasteiger partial charge in [0.25, 0.3) is 0 Å². The fourth-order valence-electron chi connectivity index (χ4n) is 6.38. The van der Waals surface area contributed by atoms with Gasteiger partial charge in [-0.05, 0) is 54.2 Å². The third-order valence-corrected chi connectivity index (χ3v) is 8.40. The first-order valence-electron chi connectivity index (χ1n) is 12.9. The summed E-state index contributed by atoms with van der Waals surface area (Å²) in [6.45, 7) is 0.148.